The number of hydrogen-bond donors (Lipinski definition) is 0. The molecule has 1 heterocycles. The lowest BCUT2D eigenvalue weighted by Gasteiger charge is -2.08. The number of thioether (sulfide) groups is 1. The van der Waals surface area contributed by atoms with Gasteiger partial charge in [-0.2, -0.15) is 0 Å². The van der Waals surface area contributed by atoms with Crippen LogP contribution in [0.4, 0.5) is 0 Å². The monoisotopic (exact) mass is 197 g/mol. The second-order valence-electron chi connectivity index (χ2n) is 2.61. The molecule has 1 rings (SSSR count). The van der Waals surface area contributed by atoms with Crippen molar-refractivity contribution in [2.24, 2.45) is 0 Å². The fourth-order valence-corrected chi connectivity index (χ4v) is 1.40. The maximum absolute atomic E-state index is 11.2. The molecule has 0 aliphatic carbocycles. The highest BCUT2D eigenvalue weighted by Gasteiger charge is 2.05. The van der Waals surface area contributed by atoms with Crippen LogP contribution in [0.15, 0.2) is 23.6 Å². The first-order chi connectivity index (χ1) is 6.20. The largest absolute Gasteiger partial charge is 0.348 e. The van der Waals surface area contributed by atoms with Crippen LogP contribution in [0.25, 0.3) is 0 Å². The molecule has 0 saturated carbocycles. The van der Waals surface area contributed by atoms with Gasteiger partial charge >= 0.3 is 0 Å². The van der Waals surface area contributed by atoms with Crippen LogP contribution in [0.5, 0.6) is 0 Å². The SMILES string of the molecule is CN(C)C(=O)CSc1ncccn1. The van der Waals surface area contributed by atoms with Crippen LogP contribution in [0.1, 0.15) is 0 Å². The van der Waals surface area contributed by atoms with Crippen LogP contribution in [-0.2, 0) is 4.79 Å². The molecular formula is C8H11N3OS. The van der Waals surface area contributed by atoms with Crippen molar-refractivity contribution in [2.45, 2.75) is 5.16 Å². The Bertz CT molecular complexity index is 276. The molecule has 70 valence electrons. The van der Waals surface area contributed by atoms with E-state index >= 15 is 0 Å². The van der Waals surface area contributed by atoms with Gasteiger partial charge in [-0.3, -0.25) is 4.79 Å². The summed E-state index contributed by atoms with van der Waals surface area (Å²) in [5.41, 5.74) is 0. The van der Waals surface area contributed by atoms with E-state index in [1.807, 2.05) is 0 Å². The zero-order valence-electron chi connectivity index (χ0n) is 7.60. The molecule has 0 radical (unpaired) electrons. The normalized spacial score (nSPS) is 9.69. The molecular weight excluding hydrogens is 186 g/mol. The Balaban J connectivity index is 2.40. The number of hydrogen-bond acceptors (Lipinski definition) is 4. The molecule has 0 atom stereocenters. The molecule has 1 aromatic heterocycles. The highest BCUT2D eigenvalue weighted by Crippen LogP contribution is 2.10. The van der Waals surface area contributed by atoms with Gasteiger partial charge in [0.1, 0.15) is 0 Å². The van der Waals surface area contributed by atoms with Crippen molar-refractivity contribution >= 4 is 17.7 Å². The van der Waals surface area contributed by atoms with Gasteiger partial charge in [-0.05, 0) is 6.07 Å². The third-order valence-corrected chi connectivity index (χ3v) is 2.23. The quantitative estimate of drug-likeness (QED) is 0.527. The zero-order chi connectivity index (χ0) is 9.68. The molecule has 0 spiro atoms. The summed E-state index contributed by atoms with van der Waals surface area (Å²) in [7, 11) is 3.46. The first-order valence-electron chi connectivity index (χ1n) is 3.80. The molecule has 1 aromatic rings. The molecule has 4 nitrogen and oxygen atoms in total. The summed E-state index contributed by atoms with van der Waals surface area (Å²) in [6.07, 6.45) is 3.32. The number of carbonyl (C=O) groups excluding carboxylic acids is 1. The number of aromatic nitrogens is 2. The van der Waals surface area contributed by atoms with Crippen molar-refractivity contribution < 1.29 is 4.79 Å². The first kappa shape index (κ1) is 9.98. The van der Waals surface area contributed by atoms with Crippen molar-refractivity contribution in [2.75, 3.05) is 19.8 Å². The lowest BCUT2D eigenvalue weighted by Crippen LogP contribution is -2.23. The lowest BCUT2D eigenvalue weighted by atomic mass is 10.6. The van der Waals surface area contributed by atoms with Gasteiger partial charge in [0.05, 0.1) is 5.75 Å². The summed E-state index contributed by atoms with van der Waals surface area (Å²) < 4.78 is 0. The van der Waals surface area contributed by atoms with Gasteiger partial charge in [0.2, 0.25) is 5.91 Å². The summed E-state index contributed by atoms with van der Waals surface area (Å²) in [6, 6.07) is 1.75. The van der Waals surface area contributed by atoms with Crippen LogP contribution in [0, 0.1) is 0 Å². The van der Waals surface area contributed by atoms with Crippen LogP contribution < -0.4 is 0 Å². The number of amides is 1. The first-order valence-corrected chi connectivity index (χ1v) is 4.78. The molecule has 0 saturated heterocycles. The number of rotatable bonds is 3. The summed E-state index contributed by atoms with van der Waals surface area (Å²) in [5, 5.41) is 0.637. The van der Waals surface area contributed by atoms with Crippen LogP contribution in [0.3, 0.4) is 0 Å². The predicted octanol–water partition coefficient (Wildman–Crippen LogP) is 0.657. The fourth-order valence-electron chi connectivity index (χ4n) is 0.615. The van der Waals surface area contributed by atoms with E-state index in [-0.39, 0.29) is 5.91 Å². The van der Waals surface area contributed by atoms with Crippen molar-refractivity contribution in [1.29, 1.82) is 0 Å². The molecule has 5 heteroatoms. The Morgan fingerprint density at radius 1 is 1.46 bits per heavy atom. The van der Waals surface area contributed by atoms with Gasteiger partial charge in [-0.1, -0.05) is 11.8 Å². The van der Waals surface area contributed by atoms with Crippen molar-refractivity contribution in [3.8, 4) is 0 Å². The summed E-state index contributed by atoms with van der Waals surface area (Å²) in [5.74, 6) is 0.453. The summed E-state index contributed by atoms with van der Waals surface area (Å²) >= 11 is 1.34. The zero-order valence-corrected chi connectivity index (χ0v) is 8.41. The Kier molecular flexibility index (Phi) is 3.70. The Hall–Kier alpha value is -1.10. The van der Waals surface area contributed by atoms with E-state index in [1.165, 1.54) is 11.8 Å². The Morgan fingerprint density at radius 2 is 2.08 bits per heavy atom. The van der Waals surface area contributed by atoms with Crippen LogP contribution >= 0.6 is 11.8 Å². The second-order valence-corrected chi connectivity index (χ2v) is 3.55. The fraction of sp³-hybridized carbons (Fsp3) is 0.375. The Labute approximate surface area is 81.4 Å². The third-order valence-electron chi connectivity index (χ3n) is 1.37. The van der Waals surface area contributed by atoms with Gasteiger partial charge in [0.15, 0.2) is 5.16 Å². The van der Waals surface area contributed by atoms with E-state index < -0.39 is 0 Å². The smallest absolute Gasteiger partial charge is 0.232 e. The van der Waals surface area contributed by atoms with E-state index in [0.29, 0.717) is 10.9 Å². The molecule has 0 aliphatic rings. The van der Waals surface area contributed by atoms with Crippen molar-refractivity contribution in [3.63, 3.8) is 0 Å². The minimum atomic E-state index is 0.0671. The van der Waals surface area contributed by atoms with E-state index in [4.69, 9.17) is 0 Å². The summed E-state index contributed by atoms with van der Waals surface area (Å²) in [4.78, 5) is 20.7. The number of carbonyl (C=O) groups is 1. The average molecular weight is 197 g/mol. The van der Waals surface area contributed by atoms with E-state index in [2.05, 4.69) is 9.97 Å². The van der Waals surface area contributed by atoms with Crippen molar-refractivity contribution in [1.82, 2.24) is 14.9 Å². The Morgan fingerprint density at radius 3 is 2.62 bits per heavy atom. The highest BCUT2D eigenvalue weighted by molar-refractivity contribution is 7.99. The number of nitrogens with zero attached hydrogens (tertiary/aromatic N) is 3. The predicted molar refractivity (Wildman–Crippen MR) is 51.5 cm³/mol. The van der Waals surface area contributed by atoms with Gasteiger partial charge in [-0.15, -0.1) is 0 Å². The highest BCUT2D eigenvalue weighted by atomic mass is 32.2. The maximum atomic E-state index is 11.2. The van der Waals surface area contributed by atoms with E-state index in [1.54, 1.807) is 37.5 Å². The molecule has 0 aliphatic heterocycles. The van der Waals surface area contributed by atoms with Crippen molar-refractivity contribution in [3.05, 3.63) is 18.5 Å². The molecule has 0 N–H and O–H groups in total. The van der Waals surface area contributed by atoms with Gasteiger partial charge in [-0.25, -0.2) is 9.97 Å². The van der Waals surface area contributed by atoms with E-state index in [0.717, 1.165) is 0 Å². The molecule has 13 heavy (non-hydrogen) atoms. The molecule has 0 bridgehead atoms. The third kappa shape index (κ3) is 3.42. The lowest BCUT2D eigenvalue weighted by molar-refractivity contribution is -0.125. The molecule has 1 amide bonds. The second kappa shape index (κ2) is 4.81. The standard InChI is InChI=1S/C8H11N3OS/c1-11(2)7(12)6-13-8-9-4-3-5-10-8/h3-5H,6H2,1-2H3. The van der Waals surface area contributed by atoms with Crippen LogP contribution in [-0.4, -0.2) is 40.6 Å². The minimum absolute atomic E-state index is 0.0671. The maximum Gasteiger partial charge on any atom is 0.232 e. The molecule has 0 unspecified atom stereocenters. The summed E-state index contributed by atoms with van der Waals surface area (Å²) in [6.45, 7) is 0. The molecule has 0 fully saturated rings. The molecule has 0 aromatic carbocycles. The van der Waals surface area contributed by atoms with Gasteiger partial charge < -0.3 is 4.90 Å². The minimum Gasteiger partial charge on any atom is -0.348 e. The van der Waals surface area contributed by atoms with E-state index in [9.17, 15) is 4.79 Å². The topological polar surface area (TPSA) is 46.1 Å². The van der Waals surface area contributed by atoms with Crippen LogP contribution in [0.2, 0.25) is 0 Å². The van der Waals surface area contributed by atoms with Gasteiger partial charge in [0.25, 0.3) is 0 Å². The van der Waals surface area contributed by atoms with Gasteiger partial charge in [0, 0.05) is 26.5 Å². The average Bonchev–Trinajstić information content (AvgIpc) is 2.15.